The molecular formula is C17H15N5O2. The Balaban J connectivity index is 1.45. The van der Waals surface area contributed by atoms with Crippen LogP contribution >= 0.6 is 0 Å². The first kappa shape index (κ1) is 14.4. The molecule has 0 unspecified atom stereocenters. The highest BCUT2D eigenvalue weighted by molar-refractivity contribution is 5.72. The van der Waals surface area contributed by atoms with Gasteiger partial charge in [-0.05, 0) is 23.8 Å². The third kappa shape index (κ3) is 2.71. The van der Waals surface area contributed by atoms with E-state index in [9.17, 15) is 4.79 Å². The van der Waals surface area contributed by atoms with E-state index in [4.69, 9.17) is 4.42 Å². The number of hydrogen-bond acceptors (Lipinski definition) is 5. The molecule has 2 aromatic heterocycles. The van der Waals surface area contributed by atoms with Crippen molar-refractivity contribution in [3.8, 4) is 11.4 Å². The quantitative estimate of drug-likeness (QED) is 0.564. The van der Waals surface area contributed by atoms with Crippen molar-refractivity contribution in [3.05, 3.63) is 65.1 Å². The maximum atomic E-state index is 11.9. The van der Waals surface area contributed by atoms with E-state index in [0.717, 1.165) is 11.1 Å². The zero-order valence-corrected chi connectivity index (χ0v) is 12.9. The summed E-state index contributed by atoms with van der Waals surface area (Å²) in [5, 5.41) is 12.5. The van der Waals surface area contributed by atoms with Crippen LogP contribution in [0.3, 0.4) is 0 Å². The number of aryl methyl sites for hydroxylation is 2. The maximum Gasteiger partial charge on any atom is 0.419 e. The average Bonchev–Trinajstić information content (AvgIpc) is 3.21. The molecule has 0 saturated carbocycles. The van der Waals surface area contributed by atoms with Gasteiger partial charge >= 0.3 is 5.76 Å². The van der Waals surface area contributed by atoms with E-state index in [2.05, 4.69) is 15.4 Å². The summed E-state index contributed by atoms with van der Waals surface area (Å²) in [4.78, 5) is 13.5. The Morgan fingerprint density at radius 2 is 1.75 bits per heavy atom. The van der Waals surface area contributed by atoms with E-state index in [-0.39, 0.29) is 5.76 Å². The van der Waals surface area contributed by atoms with Gasteiger partial charge < -0.3 is 4.42 Å². The van der Waals surface area contributed by atoms with Gasteiger partial charge in [0.05, 0.1) is 12.1 Å². The first-order valence-electron chi connectivity index (χ1n) is 7.73. The molecule has 7 heteroatoms. The Labute approximate surface area is 137 Å². The lowest BCUT2D eigenvalue weighted by Crippen LogP contribution is -2.16. The molecule has 7 nitrogen and oxygen atoms in total. The first-order valence-corrected chi connectivity index (χ1v) is 7.73. The molecule has 2 heterocycles. The summed E-state index contributed by atoms with van der Waals surface area (Å²) in [7, 11) is 0. The van der Waals surface area contributed by atoms with Gasteiger partial charge in [-0.15, -0.1) is 10.2 Å². The zero-order chi connectivity index (χ0) is 16.4. The van der Waals surface area contributed by atoms with Crippen molar-refractivity contribution in [2.45, 2.75) is 19.5 Å². The van der Waals surface area contributed by atoms with Crippen LogP contribution in [0.4, 0.5) is 0 Å². The van der Waals surface area contributed by atoms with Crippen LogP contribution in [0.15, 0.2) is 63.8 Å². The minimum absolute atomic E-state index is 0.340. The summed E-state index contributed by atoms with van der Waals surface area (Å²) in [5.74, 6) is 0.259. The number of para-hydroxylation sites is 2. The van der Waals surface area contributed by atoms with Gasteiger partial charge in [-0.1, -0.05) is 42.5 Å². The van der Waals surface area contributed by atoms with Gasteiger partial charge in [0, 0.05) is 12.1 Å². The third-order valence-electron chi connectivity index (χ3n) is 3.80. The summed E-state index contributed by atoms with van der Waals surface area (Å²) in [5.41, 5.74) is 2.34. The van der Waals surface area contributed by atoms with Crippen LogP contribution in [0.5, 0.6) is 0 Å². The predicted molar refractivity (Wildman–Crippen MR) is 88.3 cm³/mol. The molecule has 120 valence electrons. The fraction of sp³-hybridized carbons (Fsp3) is 0.176. The van der Waals surface area contributed by atoms with E-state index < -0.39 is 0 Å². The molecule has 24 heavy (non-hydrogen) atoms. The molecule has 0 N–H and O–H groups in total. The Morgan fingerprint density at radius 1 is 0.958 bits per heavy atom. The number of rotatable bonds is 5. The number of aromatic nitrogens is 5. The second-order valence-electron chi connectivity index (χ2n) is 5.42. The molecule has 0 bridgehead atoms. The molecule has 2 aromatic carbocycles. The van der Waals surface area contributed by atoms with E-state index in [1.807, 2.05) is 48.5 Å². The number of fused-ring (bicyclic) bond motifs is 1. The maximum absolute atomic E-state index is 11.9. The number of benzene rings is 2. The first-order chi connectivity index (χ1) is 11.8. The fourth-order valence-corrected chi connectivity index (χ4v) is 2.64. The minimum Gasteiger partial charge on any atom is -0.408 e. The Morgan fingerprint density at radius 3 is 2.62 bits per heavy atom. The van der Waals surface area contributed by atoms with E-state index in [0.29, 0.717) is 30.9 Å². The van der Waals surface area contributed by atoms with Crippen molar-refractivity contribution >= 4 is 11.1 Å². The van der Waals surface area contributed by atoms with Gasteiger partial charge in [0.25, 0.3) is 0 Å². The van der Waals surface area contributed by atoms with Crippen molar-refractivity contribution in [1.82, 2.24) is 24.8 Å². The molecule has 0 spiro atoms. The monoisotopic (exact) mass is 321 g/mol. The van der Waals surface area contributed by atoms with Gasteiger partial charge in [0.2, 0.25) is 5.82 Å². The van der Waals surface area contributed by atoms with Gasteiger partial charge in [-0.25, -0.2) is 4.79 Å². The molecule has 4 rings (SSSR count). The van der Waals surface area contributed by atoms with Gasteiger partial charge in [0.15, 0.2) is 5.58 Å². The SMILES string of the molecule is O=c1oc2ccccc2n1CCCn1nnc(-c2ccccc2)n1. The Kier molecular flexibility index (Phi) is 3.66. The van der Waals surface area contributed by atoms with Crippen LogP contribution in [0.2, 0.25) is 0 Å². The molecule has 0 aliphatic rings. The van der Waals surface area contributed by atoms with Gasteiger partial charge in [0.1, 0.15) is 0 Å². The number of tetrazole rings is 1. The van der Waals surface area contributed by atoms with Crippen molar-refractivity contribution < 1.29 is 4.42 Å². The van der Waals surface area contributed by atoms with E-state index >= 15 is 0 Å². The van der Waals surface area contributed by atoms with Crippen molar-refractivity contribution in [2.24, 2.45) is 0 Å². The van der Waals surface area contributed by atoms with Crippen LogP contribution in [-0.2, 0) is 13.1 Å². The molecular weight excluding hydrogens is 306 g/mol. The molecule has 0 radical (unpaired) electrons. The average molecular weight is 321 g/mol. The highest BCUT2D eigenvalue weighted by Crippen LogP contribution is 2.13. The van der Waals surface area contributed by atoms with Gasteiger partial charge in [-0.3, -0.25) is 4.57 Å². The lowest BCUT2D eigenvalue weighted by molar-refractivity contribution is 0.448. The smallest absolute Gasteiger partial charge is 0.408 e. The number of nitrogens with zero attached hydrogens (tertiary/aromatic N) is 5. The molecule has 0 aliphatic carbocycles. The molecule has 0 fully saturated rings. The second-order valence-corrected chi connectivity index (χ2v) is 5.42. The summed E-state index contributed by atoms with van der Waals surface area (Å²) >= 11 is 0. The molecule has 0 saturated heterocycles. The fourth-order valence-electron chi connectivity index (χ4n) is 2.64. The molecule has 4 aromatic rings. The largest absolute Gasteiger partial charge is 0.419 e. The van der Waals surface area contributed by atoms with Crippen LogP contribution < -0.4 is 5.76 Å². The van der Waals surface area contributed by atoms with Crippen molar-refractivity contribution in [2.75, 3.05) is 0 Å². The lowest BCUT2D eigenvalue weighted by Gasteiger charge is -2.01. The zero-order valence-electron chi connectivity index (χ0n) is 12.9. The minimum atomic E-state index is -0.340. The Bertz CT molecular complexity index is 1020. The number of oxazole rings is 1. The summed E-state index contributed by atoms with van der Waals surface area (Å²) in [6, 6.07) is 17.1. The lowest BCUT2D eigenvalue weighted by atomic mass is 10.2. The predicted octanol–water partition coefficient (Wildman–Crippen LogP) is 2.34. The van der Waals surface area contributed by atoms with Crippen LogP contribution in [0.1, 0.15) is 6.42 Å². The van der Waals surface area contributed by atoms with Crippen LogP contribution in [-0.4, -0.2) is 24.8 Å². The topological polar surface area (TPSA) is 78.7 Å². The summed E-state index contributed by atoms with van der Waals surface area (Å²) in [6.45, 7) is 1.11. The molecule has 0 atom stereocenters. The van der Waals surface area contributed by atoms with E-state index in [1.165, 1.54) is 0 Å². The van der Waals surface area contributed by atoms with Gasteiger partial charge in [-0.2, -0.15) is 4.80 Å². The van der Waals surface area contributed by atoms with Crippen molar-refractivity contribution in [3.63, 3.8) is 0 Å². The van der Waals surface area contributed by atoms with E-state index in [1.54, 1.807) is 15.4 Å². The van der Waals surface area contributed by atoms with Crippen molar-refractivity contribution in [1.29, 1.82) is 0 Å². The molecule has 0 amide bonds. The summed E-state index contributed by atoms with van der Waals surface area (Å²) < 4.78 is 6.85. The highest BCUT2D eigenvalue weighted by atomic mass is 16.4. The van der Waals surface area contributed by atoms with Crippen LogP contribution in [0, 0.1) is 0 Å². The number of hydrogen-bond donors (Lipinski definition) is 0. The normalized spacial score (nSPS) is 11.2. The third-order valence-corrected chi connectivity index (χ3v) is 3.80. The molecule has 0 aliphatic heterocycles. The Hall–Kier alpha value is -3.22. The summed E-state index contributed by atoms with van der Waals surface area (Å²) in [6.07, 6.45) is 0.702. The standard InChI is InChI=1S/C17H15N5O2/c23-17-21(14-9-4-5-10-15(14)24-17)11-6-12-22-19-16(18-20-22)13-7-2-1-3-8-13/h1-5,7-10H,6,11-12H2. The second kappa shape index (κ2) is 6.11. The van der Waals surface area contributed by atoms with Crippen LogP contribution in [0.25, 0.3) is 22.5 Å². The highest BCUT2D eigenvalue weighted by Gasteiger charge is 2.09.